The Morgan fingerprint density at radius 1 is 1.19 bits per heavy atom. The molecule has 1 aromatic heterocycles. The highest BCUT2D eigenvalue weighted by molar-refractivity contribution is 5.79. The number of nitrogens with one attached hydrogen (secondary N) is 2. The van der Waals surface area contributed by atoms with Gasteiger partial charge in [0.25, 0.3) is 0 Å². The van der Waals surface area contributed by atoms with E-state index in [1.54, 1.807) is 7.11 Å². The Labute approximate surface area is 154 Å². The summed E-state index contributed by atoms with van der Waals surface area (Å²) in [5.41, 5.74) is 1.01. The van der Waals surface area contributed by atoms with Crippen molar-refractivity contribution in [1.82, 2.24) is 15.2 Å². The fourth-order valence-electron chi connectivity index (χ4n) is 2.42. The van der Waals surface area contributed by atoms with E-state index >= 15 is 0 Å². The molecule has 7 heteroatoms. The first-order valence-electron chi connectivity index (χ1n) is 8.80. The number of hydrogen-bond donors (Lipinski definition) is 3. The van der Waals surface area contributed by atoms with Crippen molar-refractivity contribution < 1.29 is 14.6 Å². The second-order valence-corrected chi connectivity index (χ2v) is 5.60. The van der Waals surface area contributed by atoms with Crippen LogP contribution < -0.4 is 20.1 Å². The first-order chi connectivity index (χ1) is 12.8. The number of aliphatic hydroxyl groups is 1. The lowest BCUT2D eigenvalue weighted by Gasteiger charge is -2.13. The molecule has 0 saturated heterocycles. The van der Waals surface area contributed by atoms with Crippen LogP contribution in [0.3, 0.4) is 0 Å². The molecular weight excluding hydrogens is 332 g/mol. The largest absolute Gasteiger partial charge is 0.493 e. The van der Waals surface area contributed by atoms with Crippen molar-refractivity contribution in [2.75, 3.05) is 33.4 Å². The molecule has 0 amide bonds. The van der Waals surface area contributed by atoms with Crippen molar-refractivity contribution in [2.24, 2.45) is 4.99 Å². The molecular formula is C19H28N4O3. The zero-order valence-electron chi connectivity index (χ0n) is 15.4. The summed E-state index contributed by atoms with van der Waals surface area (Å²) >= 11 is 0. The summed E-state index contributed by atoms with van der Waals surface area (Å²) in [5, 5.41) is 15.5. The van der Waals surface area contributed by atoms with E-state index in [2.05, 4.69) is 20.2 Å². The van der Waals surface area contributed by atoms with Crippen molar-refractivity contribution in [3.63, 3.8) is 0 Å². The lowest BCUT2D eigenvalue weighted by Crippen LogP contribution is -2.38. The van der Waals surface area contributed by atoms with Crippen LogP contribution in [0, 0.1) is 0 Å². The van der Waals surface area contributed by atoms with Gasteiger partial charge in [-0.25, -0.2) is 4.99 Å². The first kappa shape index (κ1) is 19.7. The van der Waals surface area contributed by atoms with Crippen molar-refractivity contribution in [3.8, 4) is 11.5 Å². The summed E-state index contributed by atoms with van der Waals surface area (Å²) < 4.78 is 12.9. The highest BCUT2D eigenvalue weighted by atomic mass is 16.5. The van der Waals surface area contributed by atoms with Gasteiger partial charge in [0.1, 0.15) is 6.61 Å². The molecule has 0 bridgehead atoms. The Balaban J connectivity index is 1.94. The molecule has 0 radical (unpaired) electrons. The number of aliphatic imine (C=N–C) groups is 1. The molecule has 7 nitrogen and oxygen atoms in total. The predicted octanol–water partition coefficient (Wildman–Crippen LogP) is 1.62. The van der Waals surface area contributed by atoms with Crippen LogP contribution in [0.5, 0.6) is 11.5 Å². The van der Waals surface area contributed by atoms with E-state index in [-0.39, 0.29) is 13.2 Å². The average molecular weight is 360 g/mol. The second-order valence-electron chi connectivity index (χ2n) is 5.60. The number of methoxy groups -OCH3 is 1. The van der Waals surface area contributed by atoms with Gasteiger partial charge in [0, 0.05) is 32.0 Å². The molecule has 0 fully saturated rings. The van der Waals surface area contributed by atoms with Gasteiger partial charge in [-0.2, -0.15) is 0 Å². The highest BCUT2D eigenvalue weighted by Gasteiger charge is 2.06. The standard InChI is InChI=1S/C19H28N4O3/c1-3-20-19(21-8-11-23-9-4-5-10-23)22-15-16-6-7-17(26-13-12-24)18(14-16)25-2/h4-7,9-10,14,24H,3,8,11-13,15H2,1-2H3,(H2,20,21,22). The van der Waals surface area contributed by atoms with Crippen molar-refractivity contribution in [3.05, 3.63) is 48.3 Å². The van der Waals surface area contributed by atoms with E-state index in [0.717, 1.165) is 31.2 Å². The maximum Gasteiger partial charge on any atom is 0.191 e. The number of aromatic nitrogens is 1. The van der Waals surface area contributed by atoms with E-state index in [1.165, 1.54) is 0 Å². The Kier molecular flexibility index (Phi) is 8.35. The van der Waals surface area contributed by atoms with Gasteiger partial charge in [-0.1, -0.05) is 6.07 Å². The third kappa shape index (κ3) is 6.33. The topological polar surface area (TPSA) is 80.0 Å². The maximum absolute atomic E-state index is 8.87. The Morgan fingerprint density at radius 2 is 2.00 bits per heavy atom. The van der Waals surface area contributed by atoms with Crippen LogP contribution in [-0.2, 0) is 13.1 Å². The highest BCUT2D eigenvalue weighted by Crippen LogP contribution is 2.28. The van der Waals surface area contributed by atoms with Crippen LogP contribution in [0.4, 0.5) is 0 Å². The van der Waals surface area contributed by atoms with Gasteiger partial charge >= 0.3 is 0 Å². The van der Waals surface area contributed by atoms with Crippen molar-refractivity contribution in [2.45, 2.75) is 20.0 Å². The summed E-state index contributed by atoms with van der Waals surface area (Å²) in [6.45, 7) is 5.24. The lowest BCUT2D eigenvalue weighted by molar-refractivity contribution is 0.196. The van der Waals surface area contributed by atoms with Gasteiger partial charge in [-0.3, -0.25) is 0 Å². The molecule has 142 valence electrons. The summed E-state index contributed by atoms with van der Waals surface area (Å²) in [6, 6.07) is 9.72. The molecule has 0 aliphatic rings. The minimum absolute atomic E-state index is 0.0318. The summed E-state index contributed by atoms with van der Waals surface area (Å²) in [7, 11) is 1.60. The first-order valence-corrected chi connectivity index (χ1v) is 8.80. The molecule has 3 N–H and O–H groups in total. The molecule has 0 spiro atoms. The van der Waals surface area contributed by atoms with Gasteiger partial charge in [-0.15, -0.1) is 0 Å². The molecule has 0 unspecified atom stereocenters. The van der Waals surface area contributed by atoms with Crippen molar-refractivity contribution >= 4 is 5.96 Å². The number of nitrogens with zero attached hydrogens (tertiary/aromatic N) is 2. The van der Waals surface area contributed by atoms with Gasteiger partial charge in [0.15, 0.2) is 17.5 Å². The van der Waals surface area contributed by atoms with E-state index < -0.39 is 0 Å². The van der Waals surface area contributed by atoms with E-state index in [0.29, 0.717) is 18.0 Å². The zero-order chi connectivity index (χ0) is 18.6. The predicted molar refractivity (Wildman–Crippen MR) is 103 cm³/mol. The summed E-state index contributed by atoms with van der Waals surface area (Å²) in [4.78, 5) is 4.62. The molecule has 0 aliphatic heterocycles. The number of rotatable bonds is 10. The minimum atomic E-state index is -0.0318. The van der Waals surface area contributed by atoms with Crippen LogP contribution in [0.15, 0.2) is 47.7 Å². The Morgan fingerprint density at radius 3 is 2.69 bits per heavy atom. The number of hydrogen-bond acceptors (Lipinski definition) is 4. The molecule has 2 aromatic rings. The molecule has 2 rings (SSSR count). The third-order valence-electron chi connectivity index (χ3n) is 3.67. The summed E-state index contributed by atoms with van der Waals surface area (Å²) in [6.07, 6.45) is 4.08. The number of aliphatic hydroxyl groups excluding tert-OH is 1. The second kappa shape index (κ2) is 11.0. The fraction of sp³-hybridized carbons (Fsp3) is 0.421. The quantitative estimate of drug-likeness (QED) is 0.443. The van der Waals surface area contributed by atoms with E-state index in [1.807, 2.05) is 49.6 Å². The Hall–Kier alpha value is -2.67. The van der Waals surface area contributed by atoms with Crippen LogP contribution in [0.2, 0.25) is 0 Å². The van der Waals surface area contributed by atoms with Crippen LogP contribution in [0.25, 0.3) is 0 Å². The number of ether oxygens (including phenoxy) is 2. The van der Waals surface area contributed by atoms with E-state index in [4.69, 9.17) is 14.6 Å². The monoisotopic (exact) mass is 360 g/mol. The normalized spacial score (nSPS) is 11.3. The molecule has 1 heterocycles. The van der Waals surface area contributed by atoms with E-state index in [9.17, 15) is 0 Å². The third-order valence-corrected chi connectivity index (χ3v) is 3.67. The smallest absolute Gasteiger partial charge is 0.191 e. The minimum Gasteiger partial charge on any atom is -0.493 e. The van der Waals surface area contributed by atoms with Gasteiger partial charge in [-0.05, 0) is 36.8 Å². The lowest BCUT2D eigenvalue weighted by atomic mass is 10.2. The van der Waals surface area contributed by atoms with Gasteiger partial charge in [0.2, 0.25) is 0 Å². The molecule has 0 saturated carbocycles. The van der Waals surface area contributed by atoms with Gasteiger partial charge in [0.05, 0.1) is 20.3 Å². The molecule has 26 heavy (non-hydrogen) atoms. The number of benzene rings is 1. The molecule has 0 atom stereocenters. The van der Waals surface area contributed by atoms with Crippen molar-refractivity contribution in [1.29, 1.82) is 0 Å². The summed E-state index contributed by atoms with van der Waals surface area (Å²) in [5.74, 6) is 2.03. The van der Waals surface area contributed by atoms with Crippen LogP contribution in [0.1, 0.15) is 12.5 Å². The van der Waals surface area contributed by atoms with Crippen LogP contribution in [-0.4, -0.2) is 49.0 Å². The fourth-order valence-corrected chi connectivity index (χ4v) is 2.42. The molecule has 1 aromatic carbocycles. The zero-order valence-corrected chi connectivity index (χ0v) is 15.4. The number of guanidine groups is 1. The molecule has 0 aliphatic carbocycles. The average Bonchev–Trinajstić information content (AvgIpc) is 3.18. The SMILES string of the molecule is CCNC(=NCc1ccc(OCCO)c(OC)c1)NCCn1cccc1. The van der Waals surface area contributed by atoms with Gasteiger partial charge < -0.3 is 29.8 Å². The Bertz CT molecular complexity index is 671. The maximum atomic E-state index is 8.87. The van der Waals surface area contributed by atoms with Crippen LogP contribution >= 0.6 is 0 Å².